The zero-order valence-electron chi connectivity index (χ0n) is 17.0. The number of amides is 2. The van der Waals surface area contributed by atoms with E-state index in [0.717, 1.165) is 16.9 Å². The topological polar surface area (TPSA) is 49.4 Å². The Morgan fingerprint density at radius 3 is 2.32 bits per heavy atom. The second-order valence-corrected chi connectivity index (χ2v) is 7.87. The highest BCUT2D eigenvalue weighted by atomic mass is 32.2. The maximum absolute atomic E-state index is 13.1. The van der Waals surface area contributed by atoms with Gasteiger partial charge < -0.3 is 10.2 Å². The quantitative estimate of drug-likeness (QED) is 0.603. The summed E-state index contributed by atoms with van der Waals surface area (Å²) in [4.78, 5) is 28.6. The number of nitrogens with zero attached hydrogens (tertiary/aromatic N) is 1. The summed E-state index contributed by atoms with van der Waals surface area (Å²) in [6.45, 7) is 7.08. The Kier molecular flexibility index (Phi) is 9.08. The SMILES string of the molecule is CCCNC(=O)[C@H](CC)N(Cc1ccc(C)cc1)C(=O)CSc1ccccc1. The van der Waals surface area contributed by atoms with Crippen molar-refractivity contribution in [2.45, 2.75) is 51.1 Å². The van der Waals surface area contributed by atoms with Crippen molar-refractivity contribution >= 4 is 23.6 Å². The first-order valence-corrected chi connectivity index (χ1v) is 10.8. The predicted octanol–water partition coefficient (Wildman–Crippen LogP) is 4.42. The van der Waals surface area contributed by atoms with Crippen LogP contribution >= 0.6 is 11.8 Å². The number of carbonyl (C=O) groups excluding carboxylic acids is 2. The number of thioether (sulfide) groups is 1. The molecule has 0 aromatic heterocycles. The summed E-state index contributed by atoms with van der Waals surface area (Å²) in [7, 11) is 0. The van der Waals surface area contributed by atoms with Crippen molar-refractivity contribution in [2.24, 2.45) is 0 Å². The van der Waals surface area contributed by atoms with Gasteiger partial charge >= 0.3 is 0 Å². The maximum atomic E-state index is 13.1. The van der Waals surface area contributed by atoms with Gasteiger partial charge in [0.1, 0.15) is 6.04 Å². The monoisotopic (exact) mass is 398 g/mol. The van der Waals surface area contributed by atoms with Gasteiger partial charge in [-0.2, -0.15) is 0 Å². The van der Waals surface area contributed by atoms with Crippen LogP contribution in [0.1, 0.15) is 37.8 Å². The van der Waals surface area contributed by atoms with Gasteiger partial charge in [0, 0.05) is 18.0 Å². The highest BCUT2D eigenvalue weighted by Gasteiger charge is 2.28. The summed E-state index contributed by atoms with van der Waals surface area (Å²) in [5.41, 5.74) is 2.21. The minimum Gasteiger partial charge on any atom is -0.354 e. The van der Waals surface area contributed by atoms with Crippen LogP contribution in [0.3, 0.4) is 0 Å². The third-order valence-corrected chi connectivity index (χ3v) is 5.51. The molecule has 0 unspecified atom stereocenters. The number of nitrogens with one attached hydrogen (secondary N) is 1. The fraction of sp³-hybridized carbons (Fsp3) is 0.391. The molecule has 0 aliphatic heterocycles. The predicted molar refractivity (Wildman–Crippen MR) is 116 cm³/mol. The molecule has 1 atom stereocenters. The van der Waals surface area contributed by atoms with Gasteiger partial charge in [-0.3, -0.25) is 9.59 Å². The average Bonchev–Trinajstić information content (AvgIpc) is 2.72. The third-order valence-electron chi connectivity index (χ3n) is 4.51. The fourth-order valence-electron chi connectivity index (χ4n) is 2.92. The molecule has 0 radical (unpaired) electrons. The van der Waals surface area contributed by atoms with Crippen molar-refractivity contribution in [1.82, 2.24) is 10.2 Å². The second kappa shape index (κ2) is 11.5. The molecule has 0 saturated heterocycles. The minimum atomic E-state index is -0.461. The summed E-state index contributed by atoms with van der Waals surface area (Å²) < 4.78 is 0. The lowest BCUT2D eigenvalue weighted by molar-refractivity contribution is -0.139. The highest BCUT2D eigenvalue weighted by molar-refractivity contribution is 8.00. The van der Waals surface area contributed by atoms with Crippen LogP contribution < -0.4 is 5.32 Å². The molecule has 0 saturated carbocycles. The van der Waals surface area contributed by atoms with Crippen LogP contribution in [0.5, 0.6) is 0 Å². The molecule has 0 aliphatic rings. The van der Waals surface area contributed by atoms with Gasteiger partial charge in [-0.1, -0.05) is 61.9 Å². The Balaban J connectivity index is 2.16. The summed E-state index contributed by atoms with van der Waals surface area (Å²) in [6, 6.07) is 17.5. The number of rotatable bonds is 10. The smallest absolute Gasteiger partial charge is 0.242 e. The van der Waals surface area contributed by atoms with E-state index in [0.29, 0.717) is 25.3 Å². The molecule has 2 aromatic carbocycles. The van der Waals surface area contributed by atoms with Crippen LogP contribution in [0.4, 0.5) is 0 Å². The summed E-state index contributed by atoms with van der Waals surface area (Å²) in [5.74, 6) is 0.218. The number of benzene rings is 2. The Labute approximate surface area is 172 Å². The van der Waals surface area contributed by atoms with Gasteiger partial charge in [0.2, 0.25) is 11.8 Å². The first-order valence-electron chi connectivity index (χ1n) is 9.85. The first-order chi connectivity index (χ1) is 13.5. The van der Waals surface area contributed by atoms with Crippen LogP contribution in [-0.4, -0.2) is 35.1 Å². The average molecular weight is 399 g/mol. The van der Waals surface area contributed by atoms with Gasteiger partial charge in [-0.05, 0) is 37.5 Å². The van der Waals surface area contributed by atoms with E-state index >= 15 is 0 Å². The summed E-state index contributed by atoms with van der Waals surface area (Å²) in [5, 5.41) is 2.95. The van der Waals surface area contributed by atoms with Crippen molar-refractivity contribution in [3.8, 4) is 0 Å². The second-order valence-electron chi connectivity index (χ2n) is 6.82. The molecule has 0 bridgehead atoms. The lowest BCUT2D eigenvalue weighted by atomic mass is 10.1. The normalized spacial score (nSPS) is 11.7. The van der Waals surface area contributed by atoms with Gasteiger partial charge in [0.25, 0.3) is 0 Å². The number of hydrogen-bond donors (Lipinski definition) is 1. The van der Waals surface area contributed by atoms with E-state index in [1.54, 1.807) is 4.90 Å². The van der Waals surface area contributed by atoms with Gasteiger partial charge in [0.15, 0.2) is 0 Å². The van der Waals surface area contributed by atoms with Crippen LogP contribution in [0.2, 0.25) is 0 Å². The Morgan fingerprint density at radius 1 is 1.04 bits per heavy atom. The van der Waals surface area contributed by atoms with Crippen LogP contribution in [0.25, 0.3) is 0 Å². The molecule has 2 amide bonds. The van der Waals surface area contributed by atoms with Crippen molar-refractivity contribution in [3.05, 3.63) is 65.7 Å². The van der Waals surface area contributed by atoms with Gasteiger partial charge in [-0.15, -0.1) is 11.8 Å². The molecule has 2 aromatic rings. The number of aryl methyl sites for hydroxylation is 1. The fourth-order valence-corrected chi connectivity index (χ4v) is 3.73. The standard InChI is InChI=1S/C23H30N2O2S/c1-4-15-24-23(27)21(5-2)25(16-19-13-11-18(3)12-14-19)22(26)17-28-20-9-7-6-8-10-20/h6-14,21H,4-5,15-17H2,1-3H3,(H,24,27)/t21-/m0/s1. The molecule has 4 nitrogen and oxygen atoms in total. The Morgan fingerprint density at radius 2 is 1.71 bits per heavy atom. The largest absolute Gasteiger partial charge is 0.354 e. The number of hydrogen-bond acceptors (Lipinski definition) is 3. The van der Waals surface area contributed by atoms with E-state index in [-0.39, 0.29) is 11.8 Å². The molecule has 1 N–H and O–H groups in total. The van der Waals surface area contributed by atoms with E-state index in [4.69, 9.17) is 0 Å². The molecular weight excluding hydrogens is 368 g/mol. The zero-order chi connectivity index (χ0) is 20.4. The van der Waals surface area contributed by atoms with E-state index in [1.165, 1.54) is 17.3 Å². The molecule has 0 heterocycles. The van der Waals surface area contributed by atoms with Crippen LogP contribution in [-0.2, 0) is 16.1 Å². The summed E-state index contributed by atoms with van der Waals surface area (Å²) >= 11 is 1.50. The molecule has 2 rings (SSSR count). The third kappa shape index (κ3) is 6.71. The van der Waals surface area contributed by atoms with Crippen molar-refractivity contribution < 1.29 is 9.59 Å². The van der Waals surface area contributed by atoms with Crippen LogP contribution in [0, 0.1) is 6.92 Å². The van der Waals surface area contributed by atoms with E-state index in [1.807, 2.05) is 75.4 Å². The Hall–Kier alpha value is -2.27. The summed E-state index contributed by atoms with van der Waals surface area (Å²) in [6.07, 6.45) is 1.46. The molecule has 150 valence electrons. The molecule has 5 heteroatoms. The van der Waals surface area contributed by atoms with E-state index < -0.39 is 6.04 Å². The zero-order valence-corrected chi connectivity index (χ0v) is 17.8. The van der Waals surface area contributed by atoms with Crippen molar-refractivity contribution in [1.29, 1.82) is 0 Å². The molecule has 0 fully saturated rings. The van der Waals surface area contributed by atoms with Gasteiger partial charge in [-0.25, -0.2) is 0 Å². The van der Waals surface area contributed by atoms with E-state index in [9.17, 15) is 9.59 Å². The van der Waals surface area contributed by atoms with Crippen molar-refractivity contribution in [2.75, 3.05) is 12.3 Å². The number of carbonyl (C=O) groups is 2. The molecule has 0 spiro atoms. The lowest BCUT2D eigenvalue weighted by Crippen LogP contribution is -2.49. The van der Waals surface area contributed by atoms with Crippen LogP contribution in [0.15, 0.2) is 59.5 Å². The first kappa shape index (κ1) is 22.0. The minimum absolute atomic E-state index is 0.0204. The molecule has 28 heavy (non-hydrogen) atoms. The van der Waals surface area contributed by atoms with Gasteiger partial charge in [0.05, 0.1) is 5.75 Å². The van der Waals surface area contributed by atoms with Crippen molar-refractivity contribution in [3.63, 3.8) is 0 Å². The van der Waals surface area contributed by atoms with E-state index in [2.05, 4.69) is 5.32 Å². The molecule has 0 aliphatic carbocycles. The maximum Gasteiger partial charge on any atom is 0.242 e. The lowest BCUT2D eigenvalue weighted by Gasteiger charge is -2.30. The molecular formula is C23H30N2O2S. The highest BCUT2D eigenvalue weighted by Crippen LogP contribution is 2.20. The Bertz CT molecular complexity index is 747.